The number of imidazole rings is 2. The number of carbonyl (C=O) groups is 4. The number of methoxy groups -OCH3 is 2. The van der Waals surface area contributed by atoms with Gasteiger partial charge in [-0.1, -0.05) is 80.2 Å². The zero-order valence-corrected chi connectivity index (χ0v) is 43.8. The molecule has 2 amide bonds. The van der Waals surface area contributed by atoms with E-state index in [1.54, 1.807) is 97.1 Å². The van der Waals surface area contributed by atoms with Crippen molar-refractivity contribution < 1.29 is 85.0 Å². The lowest BCUT2D eigenvalue weighted by Crippen LogP contribution is -2.64. The quantitative estimate of drug-likeness (QED) is 0.0331. The molecule has 1 aliphatic carbocycles. The number of hydrogen-bond acceptors (Lipinski definition) is 22. The normalized spacial score (nSPS) is 22.7. The molecule has 26 nitrogen and oxygen atoms in total. The van der Waals surface area contributed by atoms with Crippen LogP contribution in [0.1, 0.15) is 67.7 Å². The topological polar surface area (TPSA) is 333 Å². The van der Waals surface area contributed by atoms with E-state index in [0.717, 1.165) is 0 Å². The minimum absolute atomic E-state index is 0. The van der Waals surface area contributed by atoms with Crippen LogP contribution in [0.2, 0.25) is 0 Å². The number of aromatic nitrogens is 8. The van der Waals surface area contributed by atoms with Crippen molar-refractivity contribution in [2.24, 2.45) is 0 Å². The Bertz CT molecular complexity index is 3670. The summed E-state index contributed by atoms with van der Waals surface area (Å²) in [4.78, 5) is 90.9. The van der Waals surface area contributed by atoms with E-state index < -0.39 is 133 Å². The van der Waals surface area contributed by atoms with Gasteiger partial charge < -0.3 is 59.2 Å². The molecule has 4 aromatic heterocycles. The molecular formula is C55H51F4N11O15. The Hall–Kier alpha value is -9.46. The number of aliphatic hydroxyl groups is 2. The van der Waals surface area contributed by atoms with E-state index in [2.05, 4.69) is 29.9 Å². The highest BCUT2D eigenvalue weighted by molar-refractivity contribution is 6.27. The highest BCUT2D eigenvalue weighted by Gasteiger charge is 2.74. The van der Waals surface area contributed by atoms with E-state index in [1.165, 1.54) is 60.3 Å². The van der Waals surface area contributed by atoms with Gasteiger partial charge in [0, 0.05) is 25.3 Å². The van der Waals surface area contributed by atoms with Gasteiger partial charge in [0.15, 0.2) is 47.2 Å². The maximum Gasteiger partial charge on any atom is 0.473 e. The van der Waals surface area contributed by atoms with Crippen molar-refractivity contribution in [3.05, 3.63) is 166 Å². The van der Waals surface area contributed by atoms with Crippen molar-refractivity contribution in [3.8, 4) is 6.01 Å². The number of alkyl halides is 4. The van der Waals surface area contributed by atoms with Gasteiger partial charge in [-0.2, -0.15) is 27.5 Å². The molecule has 1 saturated carbocycles. The molecule has 0 spiro atoms. The largest absolute Gasteiger partial charge is 0.473 e. The van der Waals surface area contributed by atoms with Gasteiger partial charge in [0.05, 0.1) is 30.5 Å². The van der Waals surface area contributed by atoms with Gasteiger partial charge in [-0.05, 0) is 63.4 Å². The Labute approximate surface area is 477 Å². The summed E-state index contributed by atoms with van der Waals surface area (Å²) in [5, 5.41) is 31.8. The second-order valence-electron chi connectivity index (χ2n) is 18.9. The van der Waals surface area contributed by atoms with Crippen molar-refractivity contribution in [2.45, 2.75) is 80.9 Å². The first kappa shape index (κ1) is 60.1. The van der Waals surface area contributed by atoms with Crippen LogP contribution >= 0.6 is 0 Å². The zero-order valence-electron chi connectivity index (χ0n) is 43.8. The molecule has 11 rings (SSSR count). The van der Waals surface area contributed by atoms with Gasteiger partial charge in [-0.3, -0.25) is 18.7 Å². The fourth-order valence-electron chi connectivity index (χ4n) is 9.41. The number of nitrogens with two attached hydrogens (primary N) is 1. The average Bonchev–Trinajstić information content (AvgIpc) is 2.49. The number of nitrogen functional groups attached to an aromatic ring is 1. The van der Waals surface area contributed by atoms with Crippen LogP contribution in [0, 0.1) is 10.1 Å². The number of aliphatic hydroxyl groups excluding tert-OH is 2. The molecule has 9 atom stereocenters. The highest BCUT2D eigenvalue weighted by Crippen LogP contribution is 2.52. The Kier molecular flexibility index (Phi) is 17.5. The summed E-state index contributed by atoms with van der Waals surface area (Å²) in [6.07, 6.45) is -9.57. The van der Waals surface area contributed by atoms with Gasteiger partial charge in [-0.15, -0.1) is 0 Å². The second-order valence-corrected chi connectivity index (χ2v) is 18.9. The van der Waals surface area contributed by atoms with E-state index in [4.69, 9.17) is 38.9 Å². The van der Waals surface area contributed by atoms with Crippen molar-refractivity contribution >= 4 is 63.7 Å². The van der Waals surface area contributed by atoms with Crippen molar-refractivity contribution in [2.75, 3.05) is 38.1 Å². The maximum atomic E-state index is 14.1. The number of fused-ring (bicyclic) bond motifs is 2. The van der Waals surface area contributed by atoms with Gasteiger partial charge in [0.1, 0.15) is 43.5 Å². The molecule has 0 radical (unpaired) electrons. The molecule has 85 heavy (non-hydrogen) atoms. The molecular weight excluding hydrogens is 1130 g/mol. The molecule has 8 aromatic rings. The van der Waals surface area contributed by atoms with E-state index in [0.29, 0.717) is 4.90 Å². The highest BCUT2D eigenvalue weighted by atomic mass is 19.3. The summed E-state index contributed by atoms with van der Waals surface area (Å²) in [7, 11) is 2.66. The summed E-state index contributed by atoms with van der Waals surface area (Å²) in [5.74, 6) is -13.2. The molecule has 4 aromatic carbocycles. The fraction of sp³-hybridized carbons (Fsp3) is 0.309. The van der Waals surface area contributed by atoms with Gasteiger partial charge in [0.25, 0.3) is 17.6 Å². The number of esters is 2. The summed E-state index contributed by atoms with van der Waals surface area (Å²) < 4.78 is 95.0. The number of nitro groups is 1. The molecule has 444 valence electrons. The van der Waals surface area contributed by atoms with Crippen molar-refractivity contribution in [3.63, 3.8) is 0 Å². The minimum atomic E-state index is -4.37. The molecule has 3 aliphatic rings. The molecule has 6 heterocycles. The number of imide groups is 1. The predicted molar refractivity (Wildman–Crippen MR) is 286 cm³/mol. The van der Waals surface area contributed by atoms with Gasteiger partial charge in [0.2, 0.25) is 5.65 Å². The third kappa shape index (κ3) is 11.6. The fourth-order valence-corrected chi connectivity index (χ4v) is 9.41. The van der Waals surface area contributed by atoms with E-state index in [-0.39, 0.29) is 57.8 Å². The minimum Gasteiger partial charge on any atom is -0.459 e. The second kappa shape index (κ2) is 24.8. The third-order valence-electron chi connectivity index (χ3n) is 13.7. The monoisotopic (exact) mass is 1180 g/mol. The maximum absolute atomic E-state index is 14.1. The molecule has 2 aliphatic heterocycles. The van der Waals surface area contributed by atoms with Crippen LogP contribution in [0.15, 0.2) is 134 Å². The third-order valence-corrected chi connectivity index (χ3v) is 13.7. The number of nitrogens with zero attached hydrogens (tertiary/aromatic N) is 10. The van der Waals surface area contributed by atoms with Gasteiger partial charge in [-0.25, -0.2) is 24.5 Å². The standard InChI is InChI=1S/C39H30N6O10.C15H17F4N5O5.CH4/c1-52-31-30(55-38(49)27-20-12-5-13-21-27)28(22-53-37(48)26-18-10-4-11-19-26)54-36(31)43-23-40-29-32(43)41-39(45(50)51)42-33(29)44(34(46)24-14-6-2-7-15-24)35(47)25-16-8-3-9-17-25;1-27-9-8(26)5(3-25)28-12(9)24-4-21-7-10(20)22-13(23-11(7)24)29-6-2-14(16,17)15(6,18)19;/h2-21,23,28,30-31,36H,22H2,1H3;4-6,8-9,12,25-26H,2-3H2,1H3,(H2,20,22,23);1H4/t28-,30-,31-,36-;5-,6?,8-,9-,12-;/m11./s1. The summed E-state index contributed by atoms with van der Waals surface area (Å²) in [6, 6.07) is 31.5. The SMILES string of the molecule is C.CO[C@@H]1[C@H](O)[C@@H](CO)O[C@H]1n1cnc2c(N)nc(OC3CC(F)(F)C3(F)F)nc21.CO[C@@H]1[C@H](OC(=O)c2ccccc2)[C@@H](COC(=O)c2ccccc2)O[C@H]1n1cnc2c(N(C(=O)c3ccccc3)C(=O)c3ccccc3)nc([N+](=O)[O-])nc21. The molecule has 3 fully saturated rings. The number of carbonyl (C=O) groups excluding carboxylic acids is 4. The first-order chi connectivity index (χ1) is 40.3. The van der Waals surface area contributed by atoms with Gasteiger partial charge >= 0.3 is 35.7 Å². The van der Waals surface area contributed by atoms with Crippen LogP contribution in [0.3, 0.4) is 0 Å². The number of amides is 2. The van der Waals surface area contributed by atoms with E-state index >= 15 is 0 Å². The summed E-state index contributed by atoms with van der Waals surface area (Å²) in [6.45, 7) is -0.880. The zero-order chi connectivity index (χ0) is 59.6. The van der Waals surface area contributed by atoms with Crippen LogP contribution in [0.4, 0.5) is 35.1 Å². The lowest BCUT2D eigenvalue weighted by molar-refractivity contribution is -0.394. The molecule has 0 bridgehead atoms. The molecule has 30 heteroatoms. The number of hydrogen-bond donors (Lipinski definition) is 3. The lowest BCUT2D eigenvalue weighted by atomic mass is 9.85. The van der Waals surface area contributed by atoms with Crippen LogP contribution in [0.25, 0.3) is 22.3 Å². The lowest BCUT2D eigenvalue weighted by Gasteiger charge is -2.42. The molecule has 4 N–H and O–H groups in total. The Morgan fingerprint density at radius 3 is 1.71 bits per heavy atom. The van der Waals surface area contributed by atoms with E-state index in [1.807, 2.05) is 0 Å². The van der Waals surface area contributed by atoms with Crippen molar-refractivity contribution in [1.29, 1.82) is 0 Å². The van der Waals surface area contributed by atoms with Crippen molar-refractivity contribution in [1.82, 2.24) is 39.0 Å². The number of ether oxygens (including phenoxy) is 7. The van der Waals surface area contributed by atoms with Crippen LogP contribution in [-0.2, 0) is 28.4 Å². The number of rotatable bonds is 16. The molecule has 2 saturated heterocycles. The predicted octanol–water partition coefficient (Wildman–Crippen LogP) is 5.95. The number of halogens is 4. The molecule has 1 unspecified atom stereocenters. The Balaban J connectivity index is 0.000000242. The van der Waals surface area contributed by atoms with E-state index in [9.17, 15) is 57.1 Å². The van der Waals surface area contributed by atoms with Crippen LogP contribution < -0.4 is 15.4 Å². The summed E-state index contributed by atoms with van der Waals surface area (Å²) >= 11 is 0. The van der Waals surface area contributed by atoms with Crippen LogP contribution in [0.5, 0.6) is 6.01 Å². The first-order valence-electron chi connectivity index (χ1n) is 25.3. The Morgan fingerprint density at radius 2 is 1.20 bits per heavy atom. The van der Waals surface area contributed by atoms with Crippen LogP contribution in [-0.4, -0.2) is 160 Å². The number of benzene rings is 4. The Morgan fingerprint density at radius 1 is 0.706 bits per heavy atom. The number of anilines is 2. The smallest absolute Gasteiger partial charge is 0.459 e. The average molecular weight is 1180 g/mol. The first-order valence-corrected chi connectivity index (χ1v) is 25.3. The summed E-state index contributed by atoms with van der Waals surface area (Å²) in [5.41, 5.74) is 6.13.